The second-order valence-electron chi connectivity index (χ2n) is 5.90. The van der Waals surface area contributed by atoms with Crippen LogP contribution in [-0.2, 0) is 0 Å². The molecule has 0 aromatic heterocycles. The fourth-order valence-electron chi connectivity index (χ4n) is 2.40. The quantitative estimate of drug-likeness (QED) is 0.193. The van der Waals surface area contributed by atoms with E-state index in [2.05, 4.69) is 25.7 Å². The first-order chi connectivity index (χ1) is 9.77. The summed E-state index contributed by atoms with van der Waals surface area (Å²) in [4.78, 5) is 0. The van der Waals surface area contributed by atoms with Crippen LogP contribution >= 0.6 is 0 Å². The Kier molecular flexibility index (Phi) is 15.7. The van der Waals surface area contributed by atoms with Crippen molar-refractivity contribution in [2.45, 2.75) is 96.8 Å². The molecule has 0 radical (unpaired) electrons. The Hall–Kier alpha value is -0.720. The molecule has 0 heterocycles. The van der Waals surface area contributed by atoms with E-state index in [0.29, 0.717) is 5.76 Å². The predicted octanol–water partition coefficient (Wildman–Crippen LogP) is 7.10. The summed E-state index contributed by atoms with van der Waals surface area (Å²) in [5.41, 5.74) is 0. The molecule has 1 N–H and O–H groups in total. The molecular weight excluding hydrogens is 244 g/mol. The highest BCUT2D eigenvalue weighted by molar-refractivity contribution is 4.81. The Labute approximate surface area is 127 Å². The van der Waals surface area contributed by atoms with Crippen LogP contribution in [0.15, 0.2) is 24.5 Å². The summed E-state index contributed by atoms with van der Waals surface area (Å²) in [5, 5.41) is 8.95. The van der Waals surface area contributed by atoms with E-state index in [4.69, 9.17) is 5.11 Å². The molecule has 0 aliphatic rings. The highest BCUT2D eigenvalue weighted by Crippen LogP contribution is 2.10. The monoisotopic (exact) mass is 280 g/mol. The van der Waals surface area contributed by atoms with Crippen molar-refractivity contribution in [3.8, 4) is 0 Å². The van der Waals surface area contributed by atoms with Crippen LogP contribution in [0.2, 0.25) is 0 Å². The maximum atomic E-state index is 8.95. The number of hydrogen-bond acceptors (Lipinski definition) is 1. The van der Waals surface area contributed by atoms with Gasteiger partial charge in [0, 0.05) is 6.42 Å². The van der Waals surface area contributed by atoms with Crippen molar-refractivity contribution in [2.75, 3.05) is 0 Å². The zero-order valence-electron chi connectivity index (χ0n) is 13.7. The zero-order chi connectivity index (χ0) is 14.9. The van der Waals surface area contributed by atoms with Crippen molar-refractivity contribution in [3.05, 3.63) is 24.5 Å². The number of aliphatic hydroxyl groups is 1. The fourth-order valence-corrected chi connectivity index (χ4v) is 2.40. The molecule has 20 heavy (non-hydrogen) atoms. The summed E-state index contributed by atoms with van der Waals surface area (Å²) >= 11 is 0. The average Bonchev–Trinajstić information content (AvgIpc) is 2.43. The van der Waals surface area contributed by atoms with Gasteiger partial charge in [-0.05, 0) is 32.1 Å². The minimum atomic E-state index is 0.336. The van der Waals surface area contributed by atoms with Gasteiger partial charge >= 0.3 is 0 Å². The normalized spacial score (nSPS) is 11.2. The van der Waals surface area contributed by atoms with Crippen molar-refractivity contribution in [1.29, 1.82) is 0 Å². The zero-order valence-corrected chi connectivity index (χ0v) is 13.7. The van der Waals surface area contributed by atoms with Crippen LogP contribution in [0.25, 0.3) is 0 Å². The lowest BCUT2D eigenvalue weighted by atomic mass is 10.1. The number of unbranched alkanes of at least 4 members (excludes halogenated alkanes) is 11. The molecule has 0 amide bonds. The summed E-state index contributed by atoms with van der Waals surface area (Å²) in [7, 11) is 0. The van der Waals surface area contributed by atoms with Gasteiger partial charge in [0.15, 0.2) is 0 Å². The highest BCUT2D eigenvalue weighted by atomic mass is 16.3. The summed E-state index contributed by atoms with van der Waals surface area (Å²) in [5.74, 6) is 0.336. The SMILES string of the molecule is C=C(O)CCCCCCC/C=C\CCCCCCCC. The first-order valence-electron chi connectivity index (χ1n) is 8.79. The van der Waals surface area contributed by atoms with E-state index in [0.717, 1.165) is 12.8 Å². The second-order valence-corrected chi connectivity index (χ2v) is 5.90. The van der Waals surface area contributed by atoms with E-state index in [-0.39, 0.29) is 0 Å². The lowest BCUT2D eigenvalue weighted by Crippen LogP contribution is -1.82. The van der Waals surface area contributed by atoms with Gasteiger partial charge in [0.25, 0.3) is 0 Å². The minimum absolute atomic E-state index is 0.336. The Morgan fingerprint density at radius 3 is 1.70 bits per heavy atom. The van der Waals surface area contributed by atoms with Crippen LogP contribution in [0.4, 0.5) is 0 Å². The second kappa shape index (κ2) is 16.3. The molecule has 0 aromatic carbocycles. The molecule has 118 valence electrons. The Morgan fingerprint density at radius 2 is 1.20 bits per heavy atom. The third kappa shape index (κ3) is 17.3. The van der Waals surface area contributed by atoms with Crippen LogP contribution < -0.4 is 0 Å². The van der Waals surface area contributed by atoms with E-state index in [1.807, 2.05) is 0 Å². The maximum Gasteiger partial charge on any atom is 0.0851 e. The number of aliphatic hydroxyl groups excluding tert-OH is 1. The van der Waals surface area contributed by atoms with Crippen LogP contribution in [0.3, 0.4) is 0 Å². The first-order valence-corrected chi connectivity index (χ1v) is 8.79. The van der Waals surface area contributed by atoms with Crippen LogP contribution in [-0.4, -0.2) is 5.11 Å². The Balaban J connectivity index is 3.07. The molecule has 1 nitrogen and oxygen atoms in total. The van der Waals surface area contributed by atoms with Gasteiger partial charge in [-0.1, -0.05) is 77.0 Å². The molecule has 0 aliphatic heterocycles. The number of allylic oxidation sites excluding steroid dienone is 3. The predicted molar refractivity (Wildman–Crippen MR) is 91.2 cm³/mol. The summed E-state index contributed by atoms with van der Waals surface area (Å²) in [6, 6.07) is 0. The maximum absolute atomic E-state index is 8.95. The first kappa shape index (κ1) is 19.3. The third-order valence-corrected chi connectivity index (χ3v) is 3.73. The van der Waals surface area contributed by atoms with Gasteiger partial charge in [0.2, 0.25) is 0 Å². The molecule has 0 rings (SSSR count). The fraction of sp³-hybridized carbons (Fsp3) is 0.789. The molecule has 0 saturated heterocycles. The van der Waals surface area contributed by atoms with Crippen LogP contribution in [0.1, 0.15) is 96.8 Å². The Bertz CT molecular complexity index is 230. The van der Waals surface area contributed by atoms with Crippen molar-refractivity contribution in [3.63, 3.8) is 0 Å². The van der Waals surface area contributed by atoms with Crippen LogP contribution in [0.5, 0.6) is 0 Å². The van der Waals surface area contributed by atoms with Gasteiger partial charge in [-0.15, -0.1) is 0 Å². The van der Waals surface area contributed by atoms with E-state index in [1.54, 1.807) is 0 Å². The van der Waals surface area contributed by atoms with Crippen molar-refractivity contribution < 1.29 is 5.11 Å². The van der Waals surface area contributed by atoms with Crippen molar-refractivity contribution >= 4 is 0 Å². The summed E-state index contributed by atoms with van der Waals surface area (Å²) in [6.07, 6.45) is 22.6. The van der Waals surface area contributed by atoms with E-state index >= 15 is 0 Å². The van der Waals surface area contributed by atoms with Gasteiger partial charge in [-0.3, -0.25) is 0 Å². The Morgan fingerprint density at radius 1 is 0.750 bits per heavy atom. The molecule has 0 saturated carbocycles. The summed E-state index contributed by atoms with van der Waals surface area (Å²) < 4.78 is 0. The summed E-state index contributed by atoms with van der Waals surface area (Å²) in [6.45, 7) is 5.77. The molecule has 0 aromatic rings. The van der Waals surface area contributed by atoms with Gasteiger partial charge in [-0.2, -0.15) is 0 Å². The van der Waals surface area contributed by atoms with E-state index in [1.165, 1.54) is 77.0 Å². The van der Waals surface area contributed by atoms with Gasteiger partial charge in [0.05, 0.1) is 5.76 Å². The molecule has 1 heteroatoms. The lowest BCUT2D eigenvalue weighted by molar-refractivity contribution is 0.383. The number of rotatable bonds is 15. The van der Waals surface area contributed by atoms with Gasteiger partial charge in [0.1, 0.15) is 0 Å². The van der Waals surface area contributed by atoms with Crippen molar-refractivity contribution in [2.24, 2.45) is 0 Å². The molecular formula is C19H36O. The molecule has 0 spiro atoms. The lowest BCUT2D eigenvalue weighted by Gasteiger charge is -2.00. The van der Waals surface area contributed by atoms with E-state index < -0.39 is 0 Å². The van der Waals surface area contributed by atoms with Crippen molar-refractivity contribution in [1.82, 2.24) is 0 Å². The molecule has 0 fully saturated rings. The third-order valence-electron chi connectivity index (χ3n) is 3.73. The molecule has 0 atom stereocenters. The number of hydrogen-bond donors (Lipinski definition) is 1. The molecule has 0 unspecified atom stereocenters. The average molecular weight is 280 g/mol. The minimum Gasteiger partial charge on any atom is -0.513 e. The largest absolute Gasteiger partial charge is 0.513 e. The van der Waals surface area contributed by atoms with E-state index in [9.17, 15) is 0 Å². The topological polar surface area (TPSA) is 20.2 Å². The van der Waals surface area contributed by atoms with Gasteiger partial charge in [-0.25, -0.2) is 0 Å². The van der Waals surface area contributed by atoms with Gasteiger partial charge < -0.3 is 5.11 Å². The molecule has 0 bridgehead atoms. The highest BCUT2D eigenvalue weighted by Gasteiger charge is 1.92. The standard InChI is InChI=1S/C19H36O/c1-3-4-5-6-7-8-9-10-11-12-13-14-15-16-17-18-19(2)20/h10-11,20H,2-9,12-18H2,1H3/b11-10-. The van der Waals surface area contributed by atoms with Crippen LogP contribution in [0, 0.1) is 0 Å². The molecule has 0 aliphatic carbocycles. The smallest absolute Gasteiger partial charge is 0.0851 e.